The van der Waals surface area contributed by atoms with Gasteiger partial charge in [0, 0.05) is 16.5 Å². The highest BCUT2D eigenvalue weighted by Gasteiger charge is 2.02. The highest BCUT2D eigenvalue weighted by atomic mass is 35.5. The Morgan fingerprint density at radius 2 is 2.36 bits per heavy atom. The third kappa shape index (κ3) is 0.925. The summed E-state index contributed by atoms with van der Waals surface area (Å²) in [4.78, 5) is 0. The van der Waals surface area contributed by atoms with Crippen LogP contribution in [0.1, 0.15) is 5.56 Å². The van der Waals surface area contributed by atoms with E-state index in [0.29, 0.717) is 0 Å². The Kier molecular flexibility index (Phi) is 1.40. The molecule has 0 aliphatic carbocycles. The fraction of sp³-hybridized carbons (Fsp3) is 0.111. The molecule has 1 radical (unpaired) electrons. The van der Waals surface area contributed by atoms with Crippen LogP contribution in [-0.2, 0) is 0 Å². The predicted molar refractivity (Wildman–Crippen MR) is 44.8 cm³/mol. The number of hydrogen-bond donors (Lipinski definition) is 0. The van der Waals surface area contributed by atoms with Gasteiger partial charge >= 0.3 is 0 Å². The van der Waals surface area contributed by atoms with Gasteiger partial charge in [0.1, 0.15) is 5.58 Å². The van der Waals surface area contributed by atoms with Gasteiger partial charge in [-0.3, -0.25) is 0 Å². The van der Waals surface area contributed by atoms with Gasteiger partial charge in [-0.05, 0) is 24.6 Å². The third-order valence-electron chi connectivity index (χ3n) is 1.76. The van der Waals surface area contributed by atoms with E-state index in [-0.39, 0.29) is 0 Å². The topological polar surface area (TPSA) is 13.1 Å². The van der Waals surface area contributed by atoms with Crippen LogP contribution in [0.5, 0.6) is 0 Å². The second-order valence-corrected chi connectivity index (χ2v) is 2.83. The number of fused-ring (bicyclic) bond motifs is 1. The fourth-order valence-corrected chi connectivity index (χ4v) is 1.24. The maximum atomic E-state index is 5.87. The molecule has 1 aromatic heterocycles. The molecule has 0 aliphatic rings. The van der Waals surface area contributed by atoms with Gasteiger partial charge in [-0.15, -0.1) is 0 Å². The number of rotatable bonds is 0. The Morgan fingerprint density at radius 3 is 3.18 bits per heavy atom. The van der Waals surface area contributed by atoms with Crippen LogP contribution in [0.15, 0.2) is 22.8 Å². The summed E-state index contributed by atoms with van der Waals surface area (Å²) in [7, 11) is 0. The molecule has 11 heavy (non-hydrogen) atoms. The standard InChI is InChI=1S/C9H6ClO/c1-6-7-4-5-11-9(7)3-2-8(6)10/h2,4-5H,1H3. The van der Waals surface area contributed by atoms with Crippen LogP contribution < -0.4 is 0 Å². The molecule has 0 bridgehead atoms. The molecule has 0 atom stereocenters. The van der Waals surface area contributed by atoms with E-state index < -0.39 is 0 Å². The van der Waals surface area contributed by atoms with E-state index in [1.165, 1.54) is 0 Å². The first-order valence-corrected chi connectivity index (χ1v) is 3.71. The molecule has 0 N–H and O–H groups in total. The van der Waals surface area contributed by atoms with E-state index in [1.807, 2.05) is 13.0 Å². The molecule has 0 aliphatic heterocycles. The minimum absolute atomic E-state index is 0.735. The molecule has 0 fully saturated rings. The maximum Gasteiger partial charge on any atom is 0.142 e. The Bertz CT molecular complexity index is 389. The largest absolute Gasteiger partial charge is 0.464 e. The average molecular weight is 166 g/mol. The molecule has 2 heteroatoms. The van der Waals surface area contributed by atoms with Crippen molar-refractivity contribution >= 4 is 22.6 Å². The minimum Gasteiger partial charge on any atom is -0.464 e. The van der Waals surface area contributed by atoms with Crippen molar-refractivity contribution in [3.8, 4) is 0 Å². The van der Waals surface area contributed by atoms with Gasteiger partial charge in [-0.1, -0.05) is 11.6 Å². The first kappa shape index (κ1) is 6.74. The van der Waals surface area contributed by atoms with Crippen molar-refractivity contribution in [3.63, 3.8) is 0 Å². The summed E-state index contributed by atoms with van der Waals surface area (Å²) in [6.07, 6.45) is 1.64. The van der Waals surface area contributed by atoms with E-state index in [1.54, 1.807) is 12.3 Å². The zero-order valence-electron chi connectivity index (χ0n) is 6.02. The first-order chi connectivity index (χ1) is 5.29. The summed E-state index contributed by atoms with van der Waals surface area (Å²) in [5, 5.41) is 1.77. The van der Waals surface area contributed by atoms with E-state index >= 15 is 0 Å². The Morgan fingerprint density at radius 1 is 1.55 bits per heavy atom. The fourth-order valence-electron chi connectivity index (χ4n) is 1.08. The van der Waals surface area contributed by atoms with Crippen molar-refractivity contribution in [2.45, 2.75) is 6.92 Å². The molecule has 1 aromatic carbocycles. The summed E-state index contributed by atoms with van der Waals surface area (Å²) < 4.78 is 5.14. The van der Waals surface area contributed by atoms with Gasteiger partial charge in [0.25, 0.3) is 0 Å². The normalized spacial score (nSPS) is 10.7. The predicted octanol–water partition coefficient (Wildman–Crippen LogP) is 3.19. The van der Waals surface area contributed by atoms with Crippen LogP contribution in [0.2, 0.25) is 5.02 Å². The first-order valence-electron chi connectivity index (χ1n) is 3.33. The third-order valence-corrected chi connectivity index (χ3v) is 2.15. The van der Waals surface area contributed by atoms with Gasteiger partial charge < -0.3 is 4.42 Å². The van der Waals surface area contributed by atoms with Gasteiger partial charge in [0.2, 0.25) is 0 Å². The van der Waals surface area contributed by atoms with Crippen LogP contribution in [0.25, 0.3) is 11.0 Å². The van der Waals surface area contributed by atoms with Crippen molar-refractivity contribution < 1.29 is 4.42 Å². The van der Waals surface area contributed by atoms with Crippen LogP contribution >= 0.6 is 11.6 Å². The van der Waals surface area contributed by atoms with Crippen molar-refractivity contribution in [1.82, 2.24) is 0 Å². The molecule has 0 saturated heterocycles. The molecule has 2 rings (SSSR count). The highest BCUT2D eigenvalue weighted by Crippen LogP contribution is 2.25. The Hall–Kier alpha value is -0.950. The summed E-state index contributed by atoms with van der Waals surface area (Å²) >= 11 is 5.87. The zero-order valence-corrected chi connectivity index (χ0v) is 6.77. The molecule has 1 nitrogen and oxygen atoms in total. The lowest BCUT2D eigenvalue weighted by Gasteiger charge is -1.95. The Balaban J connectivity index is 2.93. The molecule has 1 heterocycles. The monoisotopic (exact) mass is 165 g/mol. The lowest BCUT2D eigenvalue weighted by atomic mass is 10.1. The molecule has 0 spiro atoms. The highest BCUT2D eigenvalue weighted by molar-refractivity contribution is 6.32. The maximum absolute atomic E-state index is 5.87. The van der Waals surface area contributed by atoms with Crippen LogP contribution in [0, 0.1) is 13.0 Å². The molecular formula is C9H6ClO. The lowest BCUT2D eigenvalue weighted by molar-refractivity contribution is 0.615. The van der Waals surface area contributed by atoms with Gasteiger partial charge in [-0.25, -0.2) is 0 Å². The lowest BCUT2D eigenvalue weighted by Crippen LogP contribution is -1.74. The SMILES string of the molecule is Cc1c(Cl)c[c]c2occc12. The van der Waals surface area contributed by atoms with Crippen LogP contribution in [-0.4, -0.2) is 0 Å². The average Bonchev–Trinajstić information content (AvgIpc) is 2.45. The molecule has 2 aromatic rings. The summed E-state index contributed by atoms with van der Waals surface area (Å²) in [5.41, 5.74) is 1.82. The number of benzene rings is 1. The number of halogens is 1. The molecule has 0 unspecified atom stereocenters. The second-order valence-electron chi connectivity index (χ2n) is 2.43. The van der Waals surface area contributed by atoms with Crippen LogP contribution in [0.3, 0.4) is 0 Å². The van der Waals surface area contributed by atoms with Crippen molar-refractivity contribution in [2.24, 2.45) is 0 Å². The van der Waals surface area contributed by atoms with Crippen molar-refractivity contribution in [3.05, 3.63) is 35.0 Å². The second kappa shape index (κ2) is 2.28. The molecule has 55 valence electrons. The molecular weight excluding hydrogens is 160 g/mol. The van der Waals surface area contributed by atoms with Gasteiger partial charge in [-0.2, -0.15) is 0 Å². The molecule has 0 saturated carbocycles. The zero-order chi connectivity index (χ0) is 7.84. The van der Waals surface area contributed by atoms with E-state index in [0.717, 1.165) is 21.6 Å². The number of hydrogen-bond acceptors (Lipinski definition) is 1. The van der Waals surface area contributed by atoms with Crippen molar-refractivity contribution in [2.75, 3.05) is 0 Å². The van der Waals surface area contributed by atoms with Crippen molar-refractivity contribution in [1.29, 1.82) is 0 Å². The van der Waals surface area contributed by atoms with Crippen LogP contribution in [0.4, 0.5) is 0 Å². The number of furan rings is 1. The Labute approximate surface area is 69.6 Å². The molecule has 0 amide bonds. The summed E-state index contributed by atoms with van der Waals surface area (Å²) in [6, 6.07) is 6.56. The quantitative estimate of drug-likeness (QED) is 0.584. The smallest absolute Gasteiger partial charge is 0.142 e. The van der Waals surface area contributed by atoms with E-state index in [4.69, 9.17) is 16.0 Å². The van der Waals surface area contributed by atoms with Gasteiger partial charge in [0.15, 0.2) is 0 Å². The number of aryl methyl sites for hydroxylation is 1. The summed E-state index contributed by atoms with van der Waals surface area (Å²) in [6.45, 7) is 1.97. The van der Waals surface area contributed by atoms with E-state index in [2.05, 4.69) is 6.07 Å². The summed E-state index contributed by atoms with van der Waals surface area (Å²) in [5.74, 6) is 0. The van der Waals surface area contributed by atoms with Gasteiger partial charge in [0.05, 0.1) is 6.26 Å². The minimum atomic E-state index is 0.735. The van der Waals surface area contributed by atoms with E-state index in [9.17, 15) is 0 Å².